The molecule has 0 aliphatic carbocycles. The molecule has 0 bridgehead atoms. The van der Waals surface area contributed by atoms with E-state index in [1.54, 1.807) is 0 Å². The van der Waals surface area contributed by atoms with Crippen molar-refractivity contribution in [1.29, 1.82) is 0 Å². The summed E-state index contributed by atoms with van der Waals surface area (Å²) in [5.41, 5.74) is 0.905. The SMILES string of the molecule is CC(C)NC(=S)N1CCC2(CC1)NC(C(C)C)C(=O)N2Cc1ccccc1. The summed E-state index contributed by atoms with van der Waals surface area (Å²) in [6.07, 6.45) is 1.77. The summed E-state index contributed by atoms with van der Waals surface area (Å²) in [6.45, 7) is 10.8. The molecular formula is C21H32N4OS. The molecule has 1 aromatic carbocycles. The standard InChI is InChI=1S/C21H32N4OS/c1-15(2)18-19(26)25(14-17-8-6-5-7-9-17)21(23-18)10-12-24(13-11-21)20(27)22-16(3)4/h5-9,15-16,18,23H,10-14H2,1-4H3,(H,22,27). The number of amides is 1. The number of likely N-dealkylation sites (tertiary alicyclic amines) is 1. The number of carbonyl (C=O) groups is 1. The lowest BCUT2D eigenvalue weighted by molar-refractivity contribution is -0.134. The van der Waals surface area contributed by atoms with Crippen LogP contribution in [-0.2, 0) is 11.3 Å². The van der Waals surface area contributed by atoms with Crippen LogP contribution < -0.4 is 10.6 Å². The molecule has 0 radical (unpaired) electrons. The highest BCUT2D eigenvalue weighted by molar-refractivity contribution is 7.80. The van der Waals surface area contributed by atoms with Crippen molar-refractivity contribution in [3.63, 3.8) is 0 Å². The number of rotatable bonds is 4. The van der Waals surface area contributed by atoms with Crippen LogP contribution in [0.4, 0.5) is 0 Å². The predicted molar refractivity (Wildman–Crippen MR) is 113 cm³/mol. The van der Waals surface area contributed by atoms with E-state index < -0.39 is 0 Å². The Bertz CT molecular complexity index is 668. The quantitative estimate of drug-likeness (QED) is 0.777. The predicted octanol–water partition coefficient (Wildman–Crippen LogP) is 2.72. The molecule has 1 atom stereocenters. The van der Waals surface area contributed by atoms with Gasteiger partial charge >= 0.3 is 0 Å². The van der Waals surface area contributed by atoms with E-state index in [2.05, 4.69) is 60.3 Å². The summed E-state index contributed by atoms with van der Waals surface area (Å²) in [5.74, 6) is 0.502. The number of nitrogens with zero attached hydrogens (tertiary/aromatic N) is 2. The summed E-state index contributed by atoms with van der Waals surface area (Å²) in [4.78, 5) is 17.5. The van der Waals surface area contributed by atoms with E-state index in [4.69, 9.17) is 12.2 Å². The molecule has 27 heavy (non-hydrogen) atoms. The molecule has 2 aliphatic rings. The number of hydrogen-bond donors (Lipinski definition) is 2. The molecule has 148 valence electrons. The average Bonchev–Trinajstić information content (AvgIpc) is 2.89. The van der Waals surface area contributed by atoms with Gasteiger partial charge < -0.3 is 15.1 Å². The molecule has 1 aromatic rings. The van der Waals surface area contributed by atoms with E-state index in [0.717, 1.165) is 31.0 Å². The number of hydrogen-bond acceptors (Lipinski definition) is 3. The van der Waals surface area contributed by atoms with Gasteiger partial charge in [-0.25, -0.2) is 0 Å². The van der Waals surface area contributed by atoms with Gasteiger partial charge in [0.25, 0.3) is 0 Å². The molecule has 1 unspecified atom stereocenters. The van der Waals surface area contributed by atoms with Crippen molar-refractivity contribution in [3.05, 3.63) is 35.9 Å². The van der Waals surface area contributed by atoms with Crippen LogP contribution in [-0.4, -0.2) is 51.7 Å². The molecule has 1 amide bonds. The van der Waals surface area contributed by atoms with Crippen LogP contribution >= 0.6 is 12.2 Å². The normalized spacial score (nSPS) is 22.1. The summed E-state index contributed by atoms with van der Waals surface area (Å²) in [5, 5.41) is 7.87. The van der Waals surface area contributed by atoms with Gasteiger partial charge in [-0.3, -0.25) is 10.1 Å². The second kappa shape index (κ2) is 8.15. The third-order valence-electron chi connectivity index (χ3n) is 5.61. The van der Waals surface area contributed by atoms with E-state index in [1.165, 1.54) is 5.56 Å². The van der Waals surface area contributed by atoms with Crippen LogP contribution in [0.1, 0.15) is 46.1 Å². The highest BCUT2D eigenvalue weighted by Gasteiger charge is 2.52. The highest BCUT2D eigenvalue weighted by atomic mass is 32.1. The second-order valence-corrected chi connectivity index (χ2v) is 8.79. The highest BCUT2D eigenvalue weighted by Crippen LogP contribution is 2.35. The van der Waals surface area contributed by atoms with Gasteiger partial charge in [0.05, 0.1) is 11.7 Å². The van der Waals surface area contributed by atoms with Crippen LogP contribution in [0, 0.1) is 5.92 Å². The lowest BCUT2D eigenvalue weighted by Crippen LogP contribution is -2.60. The molecule has 0 aromatic heterocycles. The Kier molecular flexibility index (Phi) is 6.06. The van der Waals surface area contributed by atoms with Gasteiger partial charge in [0.2, 0.25) is 5.91 Å². The molecule has 2 aliphatic heterocycles. The summed E-state index contributed by atoms with van der Waals surface area (Å²) >= 11 is 5.55. The molecule has 2 saturated heterocycles. The lowest BCUT2D eigenvalue weighted by Gasteiger charge is -2.45. The molecule has 2 heterocycles. The van der Waals surface area contributed by atoms with Gasteiger partial charge in [0.1, 0.15) is 0 Å². The molecule has 5 nitrogen and oxygen atoms in total. The Morgan fingerprint density at radius 3 is 2.41 bits per heavy atom. The van der Waals surface area contributed by atoms with Crippen molar-refractivity contribution in [2.45, 2.75) is 64.8 Å². The Morgan fingerprint density at radius 1 is 1.22 bits per heavy atom. The maximum atomic E-state index is 13.2. The summed E-state index contributed by atoms with van der Waals surface area (Å²) in [7, 11) is 0. The van der Waals surface area contributed by atoms with Crippen molar-refractivity contribution < 1.29 is 4.79 Å². The number of nitrogens with one attached hydrogen (secondary N) is 2. The van der Waals surface area contributed by atoms with Crippen molar-refractivity contribution >= 4 is 23.2 Å². The van der Waals surface area contributed by atoms with Crippen LogP contribution in [0.2, 0.25) is 0 Å². The Balaban J connectivity index is 1.77. The minimum absolute atomic E-state index is 0.110. The van der Waals surface area contributed by atoms with E-state index in [0.29, 0.717) is 12.6 Å². The fraction of sp³-hybridized carbons (Fsp3) is 0.619. The lowest BCUT2D eigenvalue weighted by atomic mass is 9.95. The molecule has 3 rings (SSSR count). The van der Waals surface area contributed by atoms with Crippen molar-refractivity contribution in [3.8, 4) is 0 Å². The van der Waals surface area contributed by atoms with Gasteiger partial charge in [0.15, 0.2) is 5.11 Å². The second-order valence-electron chi connectivity index (χ2n) is 8.40. The van der Waals surface area contributed by atoms with E-state index >= 15 is 0 Å². The van der Waals surface area contributed by atoms with Crippen LogP contribution in [0.5, 0.6) is 0 Å². The smallest absolute Gasteiger partial charge is 0.241 e. The van der Waals surface area contributed by atoms with Gasteiger partial charge in [-0.15, -0.1) is 0 Å². The number of benzene rings is 1. The first kappa shape index (κ1) is 20.1. The summed E-state index contributed by atoms with van der Waals surface area (Å²) in [6, 6.07) is 10.5. The largest absolute Gasteiger partial charge is 0.360 e. The first-order valence-corrected chi connectivity index (χ1v) is 10.4. The fourth-order valence-electron chi connectivity index (χ4n) is 4.09. The van der Waals surface area contributed by atoms with Crippen molar-refractivity contribution in [2.24, 2.45) is 5.92 Å². The minimum atomic E-state index is -0.272. The molecule has 2 N–H and O–H groups in total. The van der Waals surface area contributed by atoms with E-state index in [9.17, 15) is 4.79 Å². The average molecular weight is 389 g/mol. The van der Waals surface area contributed by atoms with Crippen molar-refractivity contribution in [2.75, 3.05) is 13.1 Å². The first-order chi connectivity index (χ1) is 12.8. The van der Waals surface area contributed by atoms with Gasteiger partial charge in [-0.05, 0) is 37.5 Å². The fourth-order valence-corrected chi connectivity index (χ4v) is 4.51. The zero-order valence-electron chi connectivity index (χ0n) is 16.9. The van der Waals surface area contributed by atoms with E-state index in [-0.39, 0.29) is 23.5 Å². The number of carbonyl (C=O) groups excluding carboxylic acids is 1. The van der Waals surface area contributed by atoms with Crippen LogP contribution in [0.25, 0.3) is 0 Å². The topological polar surface area (TPSA) is 47.6 Å². The molecule has 6 heteroatoms. The Hall–Kier alpha value is -1.66. The number of thiocarbonyl (C=S) groups is 1. The zero-order valence-corrected chi connectivity index (χ0v) is 17.7. The Labute approximate surface area is 168 Å². The maximum Gasteiger partial charge on any atom is 0.241 e. The summed E-state index contributed by atoms with van der Waals surface area (Å²) < 4.78 is 0. The van der Waals surface area contributed by atoms with Crippen molar-refractivity contribution in [1.82, 2.24) is 20.4 Å². The minimum Gasteiger partial charge on any atom is -0.360 e. The monoisotopic (exact) mass is 388 g/mol. The molecule has 0 saturated carbocycles. The maximum absolute atomic E-state index is 13.2. The van der Waals surface area contributed by atoms with E-state index in [1.807, 2.05) is 18.2 Å². The van der Waals surface area contributed by atoms with Crippen LogP contribution in [0.3, 0.4) is 0 Å². The first-order valence-electron chi connectivity index (χ1n) is 10.0. The van der Waals surface area contributed by atoms with Gasteiger partial charge in [-0.1, -0.05) is 44.2 Å². The van der Waals surface area contributed by atoms with Crippen LogP contribution in [0.15, 0.2) is 30.3 Å². The third-order valence-corrected chi connectivity index (χ3v) is 5.99. The number of piperidine rings is 1. The van der Waals surface area contributed by atoms with Gasteiger partial charge in [-0.2, -0.15) is 0 Å². The Morgan fingerprint density at radius 2 is 1.85 bits per heavy atom. The molecular weight excluding hydrogens is 356 g/mol. The molecule has 2 fully saturated rings. The zero-order chi connectivity index (χ0) is 19.6. The molecule has 1 spiro atoms. The van der Waals surface area contributed by atoms with Gasteiger partial charge in [0, 0.05) is 38.5 Å². The third kappa shape index (κ3) is 4.27.